The fourth-order valence-electron chi connectivity index (χ4n) is 0.664. The highest BCUT2D eigenvalue weighted by atomic mass is 32.2. The highest BCUT2D eigenvalue weighted by Crippen LogP contribution is 1.99. The van der Waals surface area contributed by atoms with Gasteiger partial charge in [-0.25, -0.2) is 4.57 Å². The average molecular weight is 173 g/mol. The number of hydrogen-bond acceptors (Lipinski definition) is 2. The second-order valence-electron chi connectivity index (χ2n) is 1.96. The van der Waals surface area contributed by atoms with Gasteiger partial charge >= 0.3 is 0 Å². The zero-order valence-electron chi connectivity index (χ0n) is 5.94. The fraction of sp³-hybridized carbons (Fsp3) is 0.333. The van der Waals surface area contributed by atoms with Gasteiger partial charge in [-0.05, 0) is 18.5 Å². The zero-order valence-corrected chi connectivity index (χ0v) is 7.58. The SMILES string of the molecule is CSC(=S)n1cc[n+](C)c1. The number of hydrogen-bond donors (Lipinski definition) is 0. The zero-order chi connectivity index (χ0) is 7.56. The first-order valence-corrected chi connectivity index (χ1v) is 4.49. The number of nitrogens with zero attached hydrogens (tertiary/aromatic N) is 2. The lowest BCUT2D eigenvalue weighted by atomic mass is 10.9. The van der Waals surface area contributed by atoms with E-state index in [1.807, 2.05) is 41.2 Å². The fourth-order valence-corrected chi connectivity index (χ4v) is 1.09. The Morgan fingerprint density at radius 1 is 1.70 bits per heavy atom. The summed E-state index contributed by atoms with van der Waals surface area (Å²) in [6, 6.07) is 0. The molecule has 1 heterocycles. The average Bonchev–Trinajstić information content (AvgIpc) is 2.34. The van der Waals surface area contributed by atoms with Gasteiger partial charge in [0.2, 0.25) is 10.6 Å². The van der Waals surface area contributed by atoms with Crippen molar-refractivity contribution in [1.82, 2.24) is 4.57 Å². The second-order valence-corrected chi connectivity index (χ2v) is 3.40. The summed E-state index contributed by atoms with van der Waals surface area (Å²) >= 11 is 6.62. The molecule has 0 aliphatic heterocycles. The summed E-state index contributed by atoms with van der Waals surface area (Å²) in [5.74, 6) is 0. The maximum atomic E-state index is 5.05. The van der Waals surface area contributed by atoms with Crippen molar-refractivity contribution in [3.05, 3.63) is 18.7 Å². The maximum absolute atomic E-state index is 5.05. The highest BCUT2D eigenvalue weighted by molar-refractivity contribution is 8.22. The molecule has 1 aromatic rings. The third kappa shape index (κ3) is 1.58. The molecule has 0 fully saturated rings. The molecule has 0 radical (unpaired) electrons. The van der Waals surface area contributed by atoms with E-state index >= 15 is 0 Å². The molecule has 0 aliphatic carbocycles. The predicted octanol–water partition coefficient (Wildman–Crippen LogP) is 0.809. The Labute approximate surface area is 69.9 Å². The monoisotopic (exact) mass is 173 g/mol. The van der Waals surface area contributed by atoms with Gasteiger partial charge in [0.15, 0.2) is 0 Å². The van der Waals surface area contributed by atoms with Crippen molar-refractivity contribution in [1.29, 1.82) is 0 Å². The Morgan fingerprint density at radius 3 is 2.80 bits per heavy atom. The normalized spacial score (nSPS) is 9.80. The van der Waals surface area contributed by atoms with Crippen LogP contribution in [0.1, 0.15) is 0 Å². The molecular formula is C6H9N2S2+. The Bertz CT molecular complexity index is 242. The minimum Gasteiger partial charge on any atom is -0.239 e. The minimum atomic E-state index is 0.876. The van der Waals surface area contributed by atoms with E-state index in [-0.39, 0.29) is 0 Å². The molecule has 0 amide bonds. The van der Waals surface area contributed by atoms with E-state index < -0.39 is 0 Å². The van der Waals surface area contributed by atoms with Gasteiger partial charge in [-0.2, -0.15) is 4.57 Å². The summed E-state index contributed by atoms with van der Waals surface area (Å²) in [4.78, 5) is 0. The molecule has 1 rings (SSSR count). The summed E-state index contributed by atoms with van der Waals surface area (Å²) < 4.78 is 4.75. The minimum absolute atomic E-state index is 0.876. The summed E-state index contributed by atoms with van der Waals surface area (Å²) in [6.45, 7) is 0. The van der Waals surface area contributed by atoms with Gasteiger partial charge in [-0.15, -0.1) is 0 Å². The Balaban J connectivity index is 2.85. The molecule has 0 N–H and O–H groups in total. The van der Waals surface area contributed by atoms with Crippen molar-refractivity contribution in [3.8, 4) is 0 Å². The van der Waals surface area contributed by atoms with Crippen LogP contribution < -0.4 is 4.57 Å². The third-order valence-corrected chi connectivity index (χ3v) is 2.43. The largest absolute Gasteiger partial charge is 0.249 e. The Kier molecular flexibility index (Phi) is 2.45. The topological polar surface area (TPSA) is 8.81 Å². The van der Waals surface area contributed by atoms with Gasteiger partial charge < -0.3 is 0 Å². The number of aromatic nitrogens is 2. The first-order valence-electron chi connectivity index (χ1n) is 2.85. The van der Waals surface area contributed by atoms with Gasteiger partial charge in [0.1, 0.15) is 12.4 Å². The van der Waals surface area contributed by atoms with Gasteiger partial charge in [0.25, 0.3) is 0 Å². The molecule has 0 aliphatic rings. The Morgan fingerprint density at radius 2 is 2.40 bits per heavy atom. The van der Waals surface area contributed by atoms with Crippen LogP contribution in [0, 0.1) is 0 Å². The molecule has 0 atom stereocenters. The van der Waals surface area contributed by atoms with Crippen LogP contribution in [0.2, 0.25) is 0 Å². The van der Waals surface area contributed by atoms with E-state index in [1.54, 1.807) is 11.8 Å². The van der Waals surface area contributed by atoms with E-state index in [1.165, 1.54) is 0 Å². The lowest BCUT2D eigenvalue weighted by Crippen LogP contribution is -2.24. The van der Waals surface area contributed by atoms with E-state index in [0.717, 1.165) is 4.32 Å². The summed E-state index contributed by atoms with van der Waals surface area (Å²) in [6.07, 6.45) is 7.82. The molecule has 0 aromatic carbocycles. The molecule has 0 unspecified atom stereocenters. The van der Waals surface area contributed by atoms with Gasteiger partial charge in [0, 0.05) is 0 Å². The van der Waals surface area contributed by atoms with Gasteiger partial charge in [-0.1, -0.05) is 11.8 Å². The number of rotatable bonds is 0. The molecule has 0 saturated carbocycles. The van der Waals surface area contributed by atoms with Crippen LogP contribution in [0.4, 0.5) is 0 Å². The molecule has 0 saturated heterocycles. The van der Waals surface area contributed by atoms with Crippen LogP contribution in [0.25, 0.3) is 0 Å². The predicted molar refractivity (Wildman–Crippen MR) is 47.1 cm³/mol. The van der Waals surface area contributed by atoms with Crippen molar-refractivity contribution in [3.63, 3.8) is 0 Å². The van der Waals surface area contributed by atoms with Crippen LogP contribution in [0.15, 0.2) is 18.7 Å². The quantitative estimate of drug-likeness (QED) is 0.424. The number of aryl methyl sites for hydroxylation is 1. The lowest BCUT2D eigenvalue weighted by molar-refractivity contribution is -0.670. The first kappa shape index (κ1) is 7.75. The van der Waals surface area contributed by atoms with Crippen LogP contribution in [-0.2, 0) is 7.05 Å². The molecule has 10 heavy (non-hydrogen) atoms. The van der Waals surface area contributed by atoms with E-state index in [9.17, 15) is 0 Å². The number of imidazole rings is 1. The maximum Gasteiger partial charge on any atom is 0.249 e. The summed E-state index contributed by atoms with van der Waals surface area (Å²) in [5.41, 5.74) is 0. The molecule has 4 heteroatoms. The standard InChI is InChI=1S/C6H9N2S2/c1-7-3-4-8(5-7)6(9)10-2/h3-5H,1-2H3/q+1. The third-order valence-electron chi connectivity index (χ3n) is 1.15. The summed E-state index contributed by atoms with van der Waals surface area (Å²) in [5, 5.41) is 0. The highest BCUT2D eigenvalue weighted by Gasteiger charge is 2.03. The van der Waals surface area contributed by atoms with Crippen LogP contribution in [0.5, 0.6) is 0 Å². The van der Waals surface area contributed by atoms with Gasteiger partial charge in [-0.3, -0.25) is 0 Å². The van der Waals surface area contributed by atoms with E-state index in [4.69, 9.17) is 12.2 Å². The van der Waals surface area contributed by atoms with Crippen LogP contribution >= 0.6 is 24.0 Å². The molecule has 54 valence electrons. The smallest absolute Gasteiger partial charge is 0.239 e. The Hall–Kier alpha value is -0.350. The van der Waals surface area contributed by atoms with Gasteiger partial charge in [0.05, 0.1) is 7.05 Å². The van der Waals surface area contributed by atoms with Crippen molar-refractivity contribution in [2.75, 3.05) is 6.26 Å². The summed E-state index contributed by atoms with van der Waals surface area (Å²) in [7, 11) is 1.97. The first-order chi connectivity index (χ1) is 4.74. The van der Waals surface area contributed by atoms with Crippen molar-refractivity contribution >= 4 is 28.3 Å². The molecule has 0 bridgehead atoms. The molecular weight excluding hydrogens is 164 g/mol. The van der Waals surface area contributed by atoms with Crippen molar-refractivity contribution in [2.45, 2.75) is 0 Å². The molecule has 0 spiro atoms. The van der Waals surface area contributed by atoms with Crippen LogP contribution in [0.3, 0.4) is 0 Å². The second kappa shape index (κ2) is 3.16. The molecule has 2 nitrogen and oxygen atoms in total. The van der Waals surface area contributed by atoms with Crippen molar-refractivity contribution in [2.24, 2.45) is 7.05 Å². The lowest BCUT2D eigenvalue weighted by Gasteiger charge is -1.88. The van der Waals surface area contributed by atoms with Crippen molar-refractivity contribution < 1.29 is 4.57 Å². The molecule has 1 aromatic heterocycles. The van der Waals surface area contributed by atoms with E-state index in [2.05, 4.69) is 0 Å². The number of thioether (sulfide) groups is 1. The van der Waals surface area contributed by atoms with Crippen LogP contribution in [-0.4, -0.2) is 15.1 Å². The number of thiocarbonyl (C=S) groups is 1. The van der Waals surface area contributed by atoms with E-state index in [0.29, 0.717) is 0 Å².